The maximum atomic E-state index is 12.9. The lowest BCUT2D eigenvalue weighted by Gasteiger charge is -2.13. The molecule has 31 heavy (non-hydrogen) atoms. The molecule has 158 valence electrons. The molecule has 0 aliphatic rings. The van der Waals surface area contributed by atoms with Crippen LogP contribution in [0.2, 0.25) is 0 Å². The molecule has 0 atom stereocenters. The quantitative estimate of drug-likeness (QED) is 0.571. The summed E-state index contributed by atoms with van der Waals surface area (Å²) in [5, 5.41) is 5.49. The zero-order chi connectivity index (χ0) is 22.2. The molecular weight excluding hydrogens is 394 g/mol. The van der Waals surface area contributed by atoms with Crippen molar-refractivity contribution in [2.24, 2.45) is 0 Å². The van der Waals surface area contributed by atoms with Crippen LogP contribution in [0.25, 0.3) is 6.08 Å². The Morgan fingerprint density at radius 1 is 0.968 bits per heavy atom. The Labute approximate surface area is 180 Å². The van der Waals surface area contributed by atoms with E-state index in [1.165, 1.54) is 14.2 Å². The first kappa shape index (κ1) is 21.6. The highest BCUT2D eigenvalue weighted by Gasteiger charge is 2.17. The van der Waals surface area contributed by atoms with Gasteiger partial charge >= 0.3 is 0 Å². The molecule has 0 unspecified atom stereocenters. The van der Waals surface area contributed by atoms with Crippen LogP contribution in [-0.4, -0.2) is 31.0 Å². The van der Waals surface area contributed by atoms with E-state index in [2.05, 4.69) is 15.6 Å². The fourth-order valence-electron chi connectivity index (χ4n) is 2.79. The number of anilines is 1. The molecule has 0 saturated heterocycles. The van der Waals surface area contributed by atoms with Gasteiger partial charge in [0.15, 0.2) is 11.5 Å². The molecule has 3 rings (SSSR count). The van der Waals surface area contributed by atoms with Gasteiger partial charge in [-0.15, -0.1) is 0 Å². The number of hydrogen-bond donors (Lipinski definition) is 2. The molecule has 1 aromatic heterocycles. The van der Waals surface area contributed by atoms with Gasteiger partial charge in [-0.3, -0.25) is 14.6 Å². The van der Waals surface area contributed by atoms with Crippen molar-refractivity contribution < 1.29 is 19.1 Å². The number of methoxy groups -OCH3 is 2. The molecule has 7 heteroatoms. The number of rotatable bonds is 7. The molecule has 0 saturated carbocycles. The second-order valence-electron chi connectivity index (χ2n) is 6.69. The van der Waals surface area contributed by atoms with Crippen molar-refractivity contribution in [3.8, 4) is 11.5 Å². The largest absolute Gasteiger partial charge is 0.493 e. The van der Waals surface area contributed by atoms with E-state index in [0.29, 0.717) is 28.3 Å². The fraction of sp³-hybridized carbons (Fsp3) is 0.125. The van der Waals surface area contributed by atoms with Crippen LogP contribution >= 0.6 is 0 Å². The molecule has 0 fully saturated rings. The van der Waals surface area contributed by atoms with Crippen molar-refractivity contribution in [2.45, 2.75) is 6.92 Å². The van der Waals surface area contributed by atoms with Crippen molar-refractivity contribution in [3.05, 3.63) is 89.4 Å². The van der Waals surface area contributed by atoms with Gasteiger partial charge in [-0.1, -0.05) is 23.8 Å². The smallest absolute Gasteiger partial charge is 0.272 e. The topological polar surface area (TPSA) is 89.5 Å². The van der Waals surface area contributed by atoms with E-state index in [-0.39, 0.29) is 5.70 Å². The van der Waals surface area contributed by atoms with Crippen molar-refractivity contribution >= 4 is 23.6 Å². The summed E-state index contributed by atoms with van der Waals surface area (Å²) in [5.41, 5.74) is 2.76. The summed E-state index contributed by atoms with van der Waals surface area (Å²) in [6, 6.07) is 15.7. The lowest BCUT2D eigenvalue weighted by Crippen LogP contribution is -2.30. The van der Waals surface area contributed by atoms with Crippen molar-refractivity contribution in [1.29, 1.82) is 0 Å². The Hall–Kier alpha value is -4.13. The Morgan fingerprint density at radius 2 is 1.71 bits per heavy atom. The van der Waals surface area contributed by atoms with Crippen LogP contribution in [0.3, 0.4) is 0 Å². The highest BCUT2D eigenvalue weighted by molar-refractivity contribution is 6.10. The number of ether oxygens (including phenoxy) is 2. The summed E-state index contributed by atoms with van der Waals surface area (Å²) >= 11 is 0. The van der Waals surface area contributed by atoms with Crippen LogP contribution in [0.15, 0.2) is 72.7 Å². The van der Waals surface area contributed by atoms with Crippen LogP contribution in [0.5, 0.6) is 11.5 Å². The number of benzene rings is 2. The molecule has 2 amide bonds. The monoisotopic (exact) mass is 417 g/mol. The Morgan fingerprint density at radius 3 is 2.35 bits per heavy atom. The van der Waals surface area contributed by atoms with Gasteiger partial charge < -0.3 is 20.1 Å². The van der Waals surface area contributed by atoms with E-state index in [1.807, 2.05) is 19.1 Å². The van der Waals surface area contributed by atoms with Crippen molar-refractivity contribution in [2.75, 3.05) is 19.5 Å². The first-order chi connectivity index (χ1) is 15.0. The summed E-state index contributed by atoms with van der Waals surface area (Å²) < 4.78 is 10.5. The average Bonchev–Trinajstić information content (AvgIpc) is 2.80. The van der Waals surface area contributed by atoms with Crippen molar-refractivity contribution in [1.82, 2.24) is 10.3 Å². The maximum Gasteiger partial charge on any atom is 0.272 e. The Bertz CT molecular complexity index is 1090. The molecule has 1 heterocycles. The number of aryl methyl sites for hydroxylation is 1. The summed E-state index contributed by atoms with van der Waals surface area (Å²) in [5.74, 6) is -0.00369. The SMILES string of the molecule is COc1ccc(C(=O)N/C(=C\c2cccnc2)C(=O)Nc2ccc(C)cc2)cc1OC. The molecular formula is C24H23N3O4. The molecule has 0 radical (unpaired) electrons. The van der Waals surface area contributed by atoms with Gasteiger partial charge in [0.2, 0.25) is 0 Å². The minimum Gasteiger partial charge on any atom is -0.493 e. The van der Waals surface area contributed by atoms with E-state index in [4.69, 9.17) is 9.47 Å². The molecule has 7 nitrogen and oxygen atoms in total. The first-order valence-corrected chi connectivity index (χ1v) is 9.53. The number of pyridine rings is 1. The Kier molecular flexibility index (Phi) is 7.01. The lowest BCUT2D eigenvalue weighted by molar-refractivity contribution is -0.113. The molecule has 0 bridgehead atoms. The van der Waals surface area contributed by atoms with Gasteiger partial charge in [-0.2, -0.15) is 0 Å². The number of hydrogen-bond acceptors (Lipinski definition) is 5. The van der Waals surface area contributed by atoms with Crippen LogP contribution in [0.1, 0.15) is 21.5 Å². The zero-order valence-electron chi connectivity index (χ0n) is 17.5. The molecule has 2 N–H and O–H groups in total. The second kappa shape index (κ2) is 10.1. The molecule has 0 spiro atoms. The van der Waals surface area contributed by atoms with Gasteiger partial charge in [0.25, 0.3) is 11.8 Å². The summed E-state index contributed by atoms with van der Waals surface area (Å²) in [4.78, 5) is 29.9. The zero-order valence-corrected chi connectivity index (χ0v) is 17.5. The van der Waals surface area contributed by atoms with Gasteiger partial charge in [-0.25, -0.2) is 0 Å². The first-order valence-electron chi connectivity index (χ1n) is 9.53. The van der Waals surface area contributed by atoms with Crippen molar-refractivity contribution in [3.63, 3.8) is 0 Å². The van der Waals surface area contributed by atoms with Crippen LogP contribution in [0.4, 0.5) is 5.69 Å². The van der Waals surface area contributed by atoms with Gasteiger partial charge in [0.05, 0.1) is 14.2 Å². The van der Waals surface area contributed by atoms with E-state index in [0.717, 1.165) is 5.56 Å². The number of nitrogens with one attached hydrogen (secondary N) is 2. The molecule has 0 aliphatic heterocycles. The predicted octanol–water partition coefficient (Wildman–Crippen LogP) is 3.82. The summed E-state index contributed by atoms with van der Waals surface area (Å²) in [6.45, 7) is 1.96. The number of nitrogens with zero attached hydrogens (tertiary/aromatic N) is 1. The number of carbonyl (C=O) groups is 2. The van der Waals surface area contributed by atoms with Gasteiger partial charge in [0.1, 0.15) is 5.70 Å². The highest BCUT2D eigenvalue weighted by atomic mass is 16.5. The third-order valence-corrected chi connectivity index (χ3v) is 4.44. The minimum atomic E-state index is -0.463. The molecule has 0 aliphatic carbocycles. The van der Waals surface area contributed by atoms with Crippen LogP contribution < -0.4 is 20.1 Å². The average molecular weight is 417 g/mol. The number of aromatic nitrogens is 1. The third kappa shape index (κ3) is 5.70. The number of amides is 2. The maximum absolute atomic E-state index is 12.9. The predicted molar refractivity (Wildman–Crippen MR) is 119 cm³/mol. The normalized spacial score (nSPS) is 10.9. The fourth-order valence-corrected chi connectivity index (χ4v) is 2.79. The Balaban J connectivity index is 1.87. The highest BCUT2D eigenvalue weighted by Crippen LogP contribution is 2.27. The minimum absolute atomic E-state index is 0.0772. The molecule has 2 aromatic carbocycles. The van der Waals surface area contributed by atoms with Crippen LogP contribution in [-0.2, 0) is 4.79 Å². The lowest BCUT2D eigenvalue weighted by atomic mass is 10.1. The van der Waals surface area contributed by atoms with E-state index < -0.39 is 11.8 Å². The van der Waals surface area contributed by atoms with Crippen LogP contribution in [0, 0.1) is 6.92 Å². The second-order valence-corrected chi connectivity index (χ2v) is 6.69. The summed E-state index contributed by atoms with van der Waals surface area (Å²) in [7, 11) is 3.00. The van der Waals surface area contributed by atoms with E-state index >= 15 is 0 Å². The summed E-state index contributed by atoms with van der Waals surface area (Å²) in [6.07, 6.45) is 4.79. The van der Waals surface area contributed by atoms with Gasteiger partial charge in [-0.05, 0) is 55.0 Å². The third-order valence-electron chi connectivity index (χ3n) is 4.44. The molecule has 3 aromatic rings. The number of carbonyl (C=O) groups excluding carboxylic acids is 2. The van der Waals surface area contributed by atoms with E-state index in [1.54, 1.807) is 60.9 Å². The van der Waals surface area contributed by atoms with E-state index in [9.17, 15) is 9.59 Å². The standard InChI is InChI=1S/C24H23N3O4/c1-16-6-9-19(10-7-16)26-24(29)20(13-17-5-4-12-25-15-17)27-23(28)18-8-11-21(30-2)22(14-18)31-3/h4-15H,1-3H3,(H,26,29)(H,27,28)/b20-13-. The van der Waals surface area contributed by atoms with Gasteiger partial charge in [0, 0.05) is 23.6 Å².